The zero-order valence-electron chi connectivity index (χ0n) is 18.5. The summed E-state index contributed by atoms with van der Waals surface area (Å²) in [4.78, 5) is 17.4. The summed E-state index contributed by atoms with van der Waals surface area (Å²) < 4.78 is 0. The number of nitrogens with one attached hydrogen (secondary N) is 1. The summed E-state index contributed by atoms with van der Waals surface area (Å²) in [5.74, 6) is 0.639. The number of nitrogens with zero attached hydrogens (tertiary/aromatic N) is 5. The molecule has 0 saturated carbocycles. The number of carbonyl (C=O) groups excluding carboxylic acids is 1. The third-order valence-corrected chi connectivity index (χ3v) is 6.14. The molecular weight excluding hydrogens is 388 g/mol. The minimum atomic E-state index is 0.0219. The number of hydrogen-bond acceptors (Lipinski definition) is 5. The highest BCUT2D eigenvalue weighted by Gasteiger charge is 2.34. The largest absolute Gasteiger partial charge is 0.357 e. The predicted molar refractivity (Wildman–Crippen MR) is 122 cm³/mol. The van der Waals surface area contributed by atoms with Gasteiger partial charge in [0.25, 0.3) is 5.91 Å². The first-order valence-corrected chi connectivity index (χ1v) is 10.7. The molecule has 160 valence electrons. The normalized spacial score (nSPS) is 16.9. The molecule has 0 aliphatic carbocycles. The van der Waals surface area contributed by atoms with Gasteiger partial charge in [-0.2, -0.15) is 5.21 Å². The third-order valence-electron chi connectivity index (χ3n) is 6.14. The Morgan fingerprint density at radius 3 is 2.39 bits per heavy atom. The quantitative estimate of drug-likeness (QED) is 0.634. The maximum atomic E-state index is 13.2. The molecule has 1 amide bonds. The van der Waals surface area contributed by atoms with Gasteiger partial charge >= 0.3 is 0 Å². The van der Waals surface area contributed by atoms with Crippen molar-refractivity contribution >= 4 is 11.6 Å². The van der Waals surface area contributed by atoms with Gasteiger partial charge in [-0.25, -0.2) is 0 Å². The number of tetrazole rings is 1. The number of rotatable bonds is 6. The fourth-order valence-corrected chi connectivity index (χ4v) is 4.14. The van der Waals surface area contributed by atoms with Crippen LogP contribution in [0.25, 0.3) is 22.5 Å². The molecule has 1 atom stereocenters. The van der Waals surface area contributed by atoms with Gasteiger partial charge in [-0.1, -0.05) is 49.7 Å². The number of aromatic nitrogens is 4. The lowest BCUT2D eigenvalue weighted by Crippen LogP contribution is -2.53. The van der Waals surface area contributed by atoms with Crippen LogP contribution in [0.3, 0.4) is 0 Å². The highest BCUT2D eigenvalue weighted by atomic mass is 16.2. The molecule has 0 spiro atoms. The van der Waals surface area contributed by atoms with E-state index in [9.17, 15) is 4.79 Å². The molecule has 0 fully saturated rings. The van der Waals surface area contributed by atoms with Crippen LogP contribution >= 0.6 is 0 Å². The van der Waals surface area contributed by atoms with Crippen LogP contribution in [0.15, 0.2) is 59.8 Å². The molecule has 3 aromatic rings. The van der Waals surface area contributed by atoms with Gasteiger partial charge in [0.2, 0.25) is 5.82 Å². The number of H-pyrrole nitrogens is 1. The van der Waals surface area contributed by atoms with Crippen molar-refractivity contribution in [3.05, 3.63) is 59.8 Å². The van der Waals surface area contributed by atoms with E-state index in [-0.39, 0.29) is 12.1 Å². The highest BCUT2D eigenvalue weighted by molar-refractivity contribution is 6.07. The fraction of sp³-hybridized carbons (Fsp3) is 0.333. The Bertz CT molecular complexity index is 1090. The molecule has 4 rings (SSSR count). The van der Waals surface area contributed by atoms with Gasteiger partial charge in [-0.15, -0.1) is 10.2 Å². The summed E-state index contributed by atoms with van der Waals surface area (Å²) in [6, 6.07) is 16.1. The van der Waals surface area contributed by atoms with E-state index in [0.29, 0.717) is 5.82 Å². The Labute approximate surface area is 182 Å². The number of anilines is 1. The van der Waals surface area contributed by atoms with Crippen LogP contribution in [0, 0.1) is 0 Å². The lowest BCUT2D eigenvalue weighted by Gasteiger charge is -2.44. The number of unbranched alkanes of at least 4 members (excludes halogenated alkanes) is 1. The van der Waals surface area contributed by atoms with Crippen molar-refractivity contribution in [1.29, 1.82) is 0 Å². The Hall–Kier alpha value is -3.48. The van der Waals surface area contributed by atoms with Gasteiger partial charge in [-0.3, -0.25) is 9.69 Å². The fourth-order valence-electron chi connectivity index (χ4n) is 4.14. The van der Waals surface area contributed by atoms with Gasteiger partial charge in [0, 0.05) is 29.6 Å². The van der Waals surface area contributed by atoms with E-state index in [1.165, 1.54) is 0 Å². The minimum Gasteiger partial charge on any atom is -0.357 e. The topological polar surface area (TPSA) is 78.0 Å². The standard InChI is InChI=1S/C24H28N6O/c1-5-6-11-22-29(4)17(3)16(2)24(31)30(22)19-14-12-18(13-15-19)20-9-7-8-10-21(20)23-25-27-28-26-23/h7-10,12-15,22H,5-6,11H2,1-4H3,(H,25,26,27,28). The summed E-state index contributed by atoms with van der Waals surface area (Å²) >= 11 is 0. The van der Waals surface area contributed by atoms with E-state index in [4.69, 9.17) is 0 Å². The number of aromatic amines is 1. The molecular formula is C24H28N6O. The van der Waals surface area contributed by atoms with Gasteiger partial charge < -0.3 is 4.90 Å². The molecule has 2 aromatic carbocycles. The molecule has 1 unspecified atom stereocenters. The van der Waals surface area contributed by atoms with E-state index in [1.807, 2.05) is 55.1 Å². The SMILES string of the molecule is CCCCC1N(C)C(C)=C(C)C(=O)N1c1ccc(-c2ccccc2-c2nn[nH]n2)cc1. The first-order chi connectivity index (χ1) is 15.0. The Kier molecular flexibility index (Phi) is 5.84. The van der Waals surface area contributed by atoms with Crippen LogP contribution in [0.2, 0.25) is 0 Å². The number of hydrogen-bond donors (Lipinski definition) is 1. The van der Waals surface area contributed by atoms with Crippen molar-refractivity contribution in [3.8, 4) is 22.5 Å². The van der Waals surface area contributed by atoms with Crippen molar-refractivity contribution < 1.29 is 4.79 Å². The lowest BCUT2D eigenvalue weighted by molar-refractivity contribution is -0.117. The summed E-state index contributed by atoms with van der Waals surface area (Å²) in [5, 5.41) is 14.4. The minimum absolute atomic E-state index is 0.0219. The molecule has 0 radical (unpaired) electrons. The van der Waals surface area contributed by atoms with E-state index < -0.39 is 0 Å². The van der Waals surface area contributed by atoms with Crippen LogP contribution in [-0.2, 0) is 4.79 Å². The van der Waals surface area contributed by atoms with Gasteiger partial charge in [0.1, 0.15) is 6.17 Å². The van der Waals surface area contributed by atoms with E-state index in [2.05, 4.69) is 51.6 Å². The second kappa shape index (κ2) is 8.71. The van der Waals surface area contributed by atoms with Gasteiger partial charge in [0.15, 0.2) is 0 Å². The summed E-state index contributed by atoms with van der Waals surface area (Å²) in [5.41, 5.74) is 5.72. The smallest absolute Gasteiger partial charge is 0.257 e. The Morgan fingerprint density at radius 1 is 1.03 bits per heavy atom. The number of amides is 1. The molecule has 0 saturated heterocycles. The molecule has 7 heteroatoms. The molecule has 7 nitrogen and oxygen atoms in total. The highest BCUT2D eigenvalue weighted by Crippen LogP contribution is 2.34. The zero-order valence-corrected chi connectivity index (χ0v) is 18.5. The molecule has 31 heavy (non-hydrogen) atoms. The lowest BCUT2D eigenvalue weighted by atomic mass is 9.98. The average molecular weight is 417 g/mol. The van der Waals surface area contributed by atoms with E-state index in [0.717, 1.165) is 52.9 Å². The molecule has 0 bridgehead atoms. The van der Waals surface area contributed by atoms with Crippen LogP contribution < -0.4 is 4.90 Å². The predicted octanol–water partition coefficient (Wildman–Crippen LogP) is 4.62. The number of benzene rings is 2. The molecule has 1 aliphatic heterocycles. The van der Waals surface area contributed by atoms with Crippen LogP contribution in [0.1, 0.15) is 40.0 Å². The molecule has 1 aromatic heterocycles. The van der Waals surface area contributed by atoms with Crippen molar-refractivity contribution in [3.63, 3.8) is 0 Å². The van der Waals surface area contributed by atoms with Crippen molar-refractivity contribution in [2.75, 3.05) is 11.9 Å². The number of allylic oxidation sites excluding steroid dienone is 1. The van der Waals surface area contributed by atoms with Crippen molar-refractivity contribution in [1.82, 2.24) is 25.5 Å². The molecule has 2 heterocycles. The summed E-state index contributed by atoms with van der Waals surface area (Å²) in [6.45, 7) is 6.12. The second-order valence-corrected chi connectivity index (χ2v) is 7.95. The zero-order chi connectivity index (χ0) is 22.0. The van der Waals surface area contributed by atoms with Crippen LogP contribution in [0.4, 0.5) is 5.69 Å². The van der Waals surface area contributed by atoms with Crippen molar-refractivity contribution in [2.24, 2.45) is 0 Å². The Balaban J connectivity index is 1.70. The molecule has 1 N–H and O–H groups in total. The monoisotopic (exact) mass is 416 g/mol. The first-order valence-electron chi connectivity index (χ1n) is 10.7. The van der Waals surface area contributed by atoms with Crippen molar-refractivity contribution in [2.45, 2.75) is 46.2 Å². The second-order valence-electron chi connectivity index (χ2n) is 7.95. The van der Waals surface area contributed by atoms with E-state index >= 15 is 0 Å². The summed E-state index contributed by atoms with van der Waals surface area (Å²) in [6.07, 6.45) is 3.13. The van der Waals surface area contributed by atoms with Crippen LogP contribution in [0.5, 0.6) is 0 Å². The number of carbonyl (C=O) groups is 1. The van der Waals surface area contributed by atoms with Gasteiger partial charge in [-0.05, 0) is 55.2 Å². The third kappa shape index (κ3) is 3.83. The van der Waals surface area contributed by atoms with E-state index in [1.54, 1.807) is 0 Å². The maximum Gasteiger partial charge on any atom is 0.257 e. The maximum absolute atomic E-state index is 13.2. The van der Waals surface area contributed by atoms with Crippen LogP contribution in [-0.4, -0.2) is 44.6 Å². The summed E-state index contributed by atoms with van der Waals surface area (Å²) in [7, 11) is 2.08. The first kappa shape index (κ1) is 20.8. The average Bonchev–Trinajstić information content (AvgIpc) is 3.34. The van der Waals surface area contributed by atoms with Gasteiger partial charge in [0.05, 0.1) is 0 Å². The molecule has 1 aliphatic rings. The Morgan fingerprint density at radius 2 is 1.74 bits per heavy atom.